The van der Waals surface area contributed by atoms with Crippen LogP contribution in [0.4, 0.5) is 17.6 Å². The summed E-state index contributed by atoms with van der Waals surface area (Å²) in [6.45, 7) is 2.16. The fourth-order valence-electron chi connectivity index (χ4n) is 1.69. The first kappa shape index (κ1) is 13.5. The zero-order valence-electron chi connectivity index (χ0n) is 10.9. The van der Waals surface area contributed by atoms with E-state index in [0.717, 1.165) is 18.5 Å². The lowest BCUT2D eigenvalue weighted by molar-refractivity contribution is 0.922. The summed E-state index contributed by atoms with van der Waals surface area (Å²) < 4.78 is 0. The van der Waals surface area contributed by atoms with Crippen molar-refractivity contribution in [2.24, 2.45) is 0 Å². The lowest BCUT2D eigenvalue weighted by Gasteiger charge is -2.07. The van der Waals surface area contributed by atoms with Crippen molar-refractivity contribution >= 4 is 29.2 Å². The summed E-state index contributed by atoms with van der Waals surface area (Å²) >= 11 is 5.82. The Bertz CT molecular complexity index is 541. The van der Waals surface area contributed by atoms with Crippen molar-refractivity contribution in [3.05, 3.63) is 35.1 Å². The lowest BCUT2D eigenvalue weighted by Crippen LogP contribution is -2.03. The van der Waals surface area contributed by atoms with Crippen molar-refractivity contribution < 1.29 is 0 Å². The third-order valence-corrected chi connectivity index (χ3v) is 2.75. The number of aryl methyl sites for hydroxylation is 1. The Morgan fingerprint density at radius 3 is 2.37 bits per heavy atom. The minimum atomic E-state index is 0.157. The van der Waals surface area contributed by atoms with Gasteiger partial charge >= 0.3 is 0 Å². The van der Waals surface area contributed by atoms with E-state index < -0.39 is 0 Å². The summed E-state index contributed by atoms with van der Waals surface area (Å²) in [7, 11) is 1.73. The smallest absolute Gasteiger partial charge is 0.233 e. The van der Waals surface area contributed by atoms with Crippen molar-refractivity contribution in [2.75, 3.05) is 17.7 Å². The minimum Gasteiger partial charge on any atom is -0.357 e. The Morgan fingerprint density at radius 2 is 1.74 bits per heavy atom. The van der Waals surface area contributed by atoms with Gasteiger partial charge < -0.3 is 10.6 Å². The molecule has 2 aromatic rings. The van der Waals surface area contributed by atoms with E-state index >= 15 is 0 Å². The summed E-state index contributed by atoms with van der Waals surface area (Å²) in [6, 6.07) is 8.19. The lowest BCUT2D eigenvalue weighted by atomic mass is 10.1. The van der Waals surface area contributed by atoms with Crippen LogP contribution in [0.15, 0.2) is 24.3 Å². The Morgan fingerprint density at radius 1 is 1.05 bits per heavy atom. The van der Waals surface area contributed by atoms with Gasteiger partial charge in [0.1, 0.15) is 0 Å². The molecule has 1 aromatic carbocycles. The molecule has 6 heteroatoms. The van der Waals surface area contributed by atoms with Gasteiger partial charge in [-0.25, -0.2) is 0 Å². The SMILES string of the molecule is CCCc1ccc(Nc2nc(Cl)nc(NC)n2)cc1. The number of anilines is 3. The quantitative estimate of drug-likeness (QED) is 0.878. The van der Waals surface area contributed by atoms with Crippen LogP contribution in [0.1, 0.15) is 18.9 Å². The van der Waals surface area contributed by atoms with E-state index in [2.05, 4.69) is 44.6 Å². The molecular weight excluding hydrogens is 262 g/mol. The summed E-state index contributed by atoms with van der Waals surface area (Å²) in [5.74, 6) is 0.859. The molecule has 0 saturated carbocycles. The van der Waals surface area contributed by atoms with E-state index in [9.17, 15) is 0 Å². The monoisotopic (exact) mass is 277 g/mol. The van der Waals surface area contributed by atoms with Crippen LogP contribution < -0.4 is 10.6 Å². The first-order chi connectivity index (χ1) is 9.21. The highest BCUT2D eigenvalue weighted by atomic mass is 35.5. The van der Waals surface area contributed by atoms with Crippen LogP contribution in [0.2, 0.25) is 5.28 Å². The molecule has 2 rings (SSSR count). The second kappa shape index (κ2) is 6.33. The van der Waals surface area contributed by atoms with Gasteiger partial charge in [0.05, 0.1) is 0 Å². The number of benzene rings is 1. The maximum atomic E-state index is 5.82. The van der Waals surface area contributed by atoms with E-state index in [4.69, 9.17) is 11.6 Å². The Hall–Kier alpha value is -1.88. The number of rotatable bonds is 5. The van der Waals surface area contributed by atoms with Gasteiger partial charge in [-0.2, -0.15) is 15.0 Å². The summed E-state index contributed by atoms with van der Waals surface area (Å²) in [5.41, 5.74) is 2.24. The molecule has 0 fully saturated rings. The standard InChI is InChI=1S/C13H16ClN5/c1-3-4-9-5-7-10(8-6-9)16-13-18-11(14)17-12(15-2)19-13/h5-8H,3-4H2,1-2H3,(H2,15,16,17,18,19). The fourth-order valence-corrected chi connectivity index (χ4v) is 1.85. The number of aromatic nitrogens is 3. The second-order valence-corrected chi connectivity index (χ2v) is 4.41. The van der Waals surface area contributed by atoms with Gasteiger partial charge in [-0.15, -0.1) is 0 Å². The van der Waals surface area contributed by atoms with Crippen LogP contribution >= 0.6 is 11.6 Å². The highest BCUT2D eigenvalue weighted by Gasteiger charge is 2.04. The highest BCUT2D eigenvalue weighted by molar-refractivity contribution is 6.28. The number of hydrogen-bond donors (Lipinski definition) is 2. The van der Waals surface area contributed by atoms with Crippen LogP contribution in [0, 0.1) is 0 Å². The number of nitrogens with one attached hydrogen (secondary N) is 2. The molecule has 0 aliphatic carbocycles. The molecule has 0 atom stereocenters. The van der Waals surface area contributed by atoms with E-state index in [1.54, 1.807) is 7.05 Å². The van der Waals surface area contributed by atoms with Crippen LogP contribution in [0.25, 0.3) is 0 Å². The molecule has 0 radical (unpaired) electrons. The molecule has 0 saturated heterocycles. The van der Waals surface area contributed by atoms with Crippen LogP contribution in [0.5, 0.6) is 0 Å². The third-order valence-electron chi connectivity index (χ3n) is 2.58. The molecule has 0 amide bonds. The van der Waals surface area contributed by atoms with Crippen LogP contribution in [-0.2, 0) is 6.42 Å². The van der Waals surface area contributed by atoms with Crippen molar-refractivity contribution in [1.82, 2.24) is 15.0 Å². The zero-order chi connectivity index (χ0) is 13.7. The van der Waals surface area contributed by atoms with Crippen molar-refractivity contribution in [1.29, 1.82) is 0 Å². The van der Waals surface area contributed by atoms with Gasteiger partial charge in [-0.1, -0.05) is 25.5 Å². The van der Waals surface area contributed by atoms with Gasteiger partial charge in [-0.3, -0.25) is 0 Å². The molecule has 0 spiro atoms. The largest absolute Gasteiger partial charge is 0.357 e. The second-order valence-electron chi connectivity index (χ2n) is 4.07. The Labute approximate surface area is 117 Å². The van der Waals surface area contributed by atoms with E-state index in [1.807, 2.05) is 12.1 Å². The molecule has 2 N–H and O–H groups in total. The maximum absolute atomic E-state index is 5.82. The summed E-state index contributed by atoms with van der Waals surface area (Å²) in [6.07, 6.45) is 2.23. The predicted octanol–water partition coefficient (Wildman–Crippen LogP) is 3.26. The van der Waals surface area contributed by atoms with Gasteiger partial charge in [-0.05, 0) is 35.7 Å². The van der Waals surface area contributed by atoms with Gasteiger partial charge in [0.15, 0.2) is 0 Å². The van der Waals surface area contributed by atoms with Crippen LogP contribution in [-0.4, -0.2) is 22.0 Å². The molecule has 0 aliphatic rings. The van der Waals surface area contributed by atoms with Gasteiger partial charge in [0.2, 0.25) is 17.2 Å². The van der Waals surface area contributed by atoms with Crippen molar-refractivity contribution in [2.45, 2.75) is 19.8 Å². The summed E-state index contributed by atoms with van der Waals surface area (Å²) in [4.78, 5) is 12.1. The molecule has 0 aliphatic heterocycles. The topological polar surface area (TPSA) is 62.7 Å². The van der Waals surface area contributed by atoms with Gasteiger partial charge in [0.25, 0.3) is 0 Å². The average Bonchev–Trinajstić information content (AvgIpc) is 2.40. The molecule has 5 nitrogen and oxygen atoms in total. The first-order valence-corrected chi connectivity index (χ1v) is 6.54. The zero-order valence-corrected chi connectivity index (χ0v) is 11.7. The molecule has 1 aromatic heterocycles. The molecule has 19 heavy (non-hydrogen) atoms. The first-order valence-electron chi connectivity index (χ1n) is 6.16. The fraction of sp³-hybridized carbons (Fsp3) is 0.308. The summed E-state index contributed by atoms with van der Waals surface area (Å²) in [5, 5.41) is 6.09. The average molecular weight is 278 g/mol. The third kappa shape index (κ3) is 3.79. The Kier molecular flexibility index (Phi) is 4.52. The molecular formula is C13H16ClN5. The van der Waals surface area contributed by atoms with Crippen LogP contribution in [0.3, 0.4) is 0 Å². The van der Waals surface area contributed by atoms with Gasteiger partial charge in [0, 0.05) is 12.7 Å². The van der Waals surface area contributed by atoms with E-state index in [1.165, 1.54) is 5.56 Å². The normalized spacial score (nSPS) is 10.3. The molecule has 1 heterocycles. The maximum Gasteiger partial charge on any atom is 0.233 e. The van der Waals surface area contributed by atoms with Crippen molar-refractivity contribution in [3.8, 4) is 0 Å². The van der Waals surface area contributed by atoms with E-state index in [0.29, 0.717) is 11.9 Å². The number of hydrogen-bond acceptors (Lipinski definition) is 5. The number of halogens is 1. The van der Waals surface area contributed by atoms with Crippen molar-refractivity contribution in [3.63, 3.8) is 0 Å². The molecule has 100 valence electrons. The molecule has 0 unspecified atom stereocenters. The molecule has 0 bridgehead atoms. The number of nitrogens with zero attached hydrogens (tertiary/aromatic N) is 3. The minimum absolute atomic E-state index is 0.157. The van der Waals surface area contributed by atoms with E-state index in [-0.39, 0.29) is 5.28 Å². The predicted molar refractivity (Wildman–Crippen MR) is 78.1 cm³/mol. The Balaban J connectivity index is 2.14. The highest BCUT2D eigenvalue weighted by Crippen LogP contribution is 2.16.